The molecule has 1 aromatic rings. The summed E-state index contributed by atoms with van der Waals surface area (Å²) in [5.41, 5.74) is 7.46. The molecule has 114 valence electrons. The van der Waals surface area contributed by atoms with E-state index in [1.54, 1.807) is 39.2 Å². The Morgan fingerprint density at radius 1 is 1.35 bits per heavy atom. The molecule has 0 saturated heterocycles. The van der Waals surface area contributed by atoms with E-state index in [0.717, 1.165) is 0 Å². The molecule has 3 N–H and O–H groups in total. The van der Waals surface area contributed by atoms with Gasteiger partial charge in [0, 0.05) is 34.5 Å². The first-order chi connectivity index (χ1) is 9.15. The van der Waals surface area contributed by atoms with Crippen LogP contribution in [0.1, 0.15) is 24.5 Å². The first-order valence-corrected chi connectivity index (χ1v) is 9.54. The van der Waals surface area contributed by atoms with Crippen LogP contribution >= 0.6 is 0 Å². The number of hydrogen-bond acceptors (Lipinski definition) is 4. The van der Waals surface area contributed by atoms with Crippen LogP contribution < -0.4 is 10.5 Å². The van der Waals surface area contributed by atoms with Crippen LogP contribution in [0, 0.1) is 13.8 Å². The Morgan fingerprint density at radius 3 is 2.50 bits per heavy atom. The third-order valence-electron chi connectivity index (χ3n) is 3.11. The number of rotatable bonds is 6. The fraction of sp³-hybridized carbons (Fsp3) is 0.538. The quantitative estimate of drug-likeness (QED) is 0.774. The number of aryl methyl sites for hydroxylation is 1. The molecule has 2 unspecified atom stereocenters. The molecule has 20 heavy (non-hydrogen) atoms. The van der Waals surface area contributed by atoms with E-state index in [9.17, 15) is 12.6 Å². The number of anilines is 1. The third kappa shape index (κ3) is 4.29. The Morgan fingerprint density at radius 2 is 1.95 bits per heavy atom. The lowest BCUT2D eigenvalue weighted by Crippen LogP contribution is -2.34. The average molecular weight is 318 g/mol. The molecule has 0 radical (unpaired) electrons. The van der Waals surface area contributed by atoms with E-state index in [1.165, 1.54) is 0 Å². The summed E-state index contributed by atoms with van der Waals surface area (Å²) >= 11 is 0. The van der Waals surface area contributed by atoms with Crippen molar-refractivity contribution in [3.63, 3.8) is 0 Å². The SMILES string of the molecule is Cc1ccc(N)c(C)c1S(=O)(=O)NC(C)CCS(C)=O. The van der Waals surface area contributed by atoms with Crippen molar-refractivity contribution in [2.24, 2.45) is 0 Å². The summed E-state index contributed by atoms with van der Waals surface area (Å²) in [4.78, 5) is 0.238. The zero-order valence-electron chi connectivity index (χ0n) is 12.3. The first kappa shape index (κ1) is 17.1. The number of hydrogen-bond donors (Lipinski definition) is 2. The number of benzene rings is 1. The molecular weight excluding hydrogens is 296 g/mol. The van der Waals surface area contributed by atoms with Gasteiger partial charge in [-0.15, -0.1) is 0 Å². The molecule has 0 saturated carbocycles. The van der Waals surface area contributed by atoms with Crippen molar-refractivity contribution in [2.75, 3.05) is 17.7 Å². The monoisotopic (exact) mass is 318 g/mol. The molecule has 1 aromatic carbocycles. The van der Waals surface area contributed by atoms with Crippen LogP contribution in [0.3, 0.4) is 0 Å². The van der Waals surface area contributed by atoms with Gasteiger partial charge in [-0.2, -0.15) is 0 Å². The topological polar surface area (TPSA) is 89.3 Å². The van der Waals surface area contributed by atoms with E-state index >= 15 is 0 Å². The highest BCUT2D eigenvalue weighted by atomic mass is 32.2. The van der Waals surface area contributed by atoms with Gasteiger partial charge in [0.1, 0.15) is 0 Å². The van der Waals surface area contributed by atoms with Crippen LogP contribution in [0.2, 0.25) is 0 Å². The molecule has 0 aliphatic rings. The second kappa shape index (κ2) is 6.69. The Labute approximate surface area is 123 Å². The van der Waals surface area contributed by atoms with Crippen molar-refractivity contribution < 1.29 is 12.6 Å². The second-order valence-electron chi connectivity index (χ2n) is 5.01. The highest BCUT2D eigenvalue weighted by molar-refractivity contribution is 7.89. The van der Waals surface area contributed by atoms with Crippen molar-refractivity contribution in [1.29, 1.82) is 0 Å². The lowest BCUT2D eigenvalue weighted by molar-refractivity contribution is 0.554. The smallest absolute Gasteiger partial charge is 0.241 e. The van der Waals surface area contributed by atoms with Gasteiger partial charge in [-0.1, -0.05) is 6.07 Å². The highest BCUT2D eigenvalue weighted by Crippen LogP contribution is 2.24. The zero-order valence-corrected chi connectivity index (χ0v) is 13.9. The molecule has 0 amide bonds. The molecular formula is C13H22N2O3S2. The summed E-state index contributed by atoms with van der Waals surface area (Å²) in [6, 6.07) is 3.12. The molecule has 0 bridgehead atoms. The molecule has 1 rings (SSSR count). The molecule has 2 atom stereocenters. The van der Waals surface area contributed by atoms with Crippen molar-refractivity contribution in [1.82, 2.24) is 4.72 Å². The van der Waals surface area contributed by atoms with Crippen molar-refractivity contribution in [3.8, 4) is 0 Å². The Balaban J connectivity index is 3.00. The van der Waals surface area contributed by atoms with Crippen LogP contribution in [-0.2, 0) is 20.8 Å². The maximum Gasteiger partial charge on any atom is 0.241 e. The molecule has 5 nitrogen and oxygen atoms in total. The van der Waals surface area contributed by atoms with Crippen molar-refractivity contribution in [2.45, 2.75) is 38.1 Å². The van der Waals surface area contributed by atoms with Crippen LogP contribution in [0.25, 0.3) is 0 Å². The van der Waals surface area contributed by atoms with Crippen LogP contribution in [0.5, 0.6) is 0 Å². The summed E-state index contributed by atoms with van der Waals surface area (Å²) in [5.74, 6) is 0.471. The van der Waals surface area contributed by atoms with E-state index < -0.39 is 20.8 Å². The van der Waals surface area contributed by atoms with E-state index in [0.29, 0.717) is 29.0 Å². The largest absolute Gasteiger partial charge is 0.398 e. The van der Waals surface area contributed by atoms with Crippen molar-refractivity contribution in [3.05, 3.63) is 23.3 Å². The van der Waals surface area contributed by atoms with Gasteiger partial charge in [-0.05, 0) is 44.4 Å². The highest BCUT2D eigenvalue weighted by Gasteiger charge is 2.22. The molecule has 0 aliphatic heterocycles. The molecule has 0 spiro atoms. The van der Waals surface area contributed by atoms with Crippen LogP contribution in [0.15, 0.2) is 17.0 Å². The van der Waals surface area contributed by atoms with Gasteiger partial charge >= 0.3 is 0 Å². The minimum atomic E-state index is -3.62. The summed E-state index contributed by atoms with van der Waals surface area (Å²) in [5, 5.41) is 0. The lowest BCUT2D eigenvalue weighted by atomic mass is 10.1. The van der Waals surface area contributed by atoms with Gasteiger partial charge in [0.15, 0.2) is 0 Å². The third-order valence-corrected chi connectivity index (χ3v) is 5.80. The van der Waals surface area contributed by atoms with E-state index in [-0.39, 0.29) is 10.9 Å². The standard InChI is InChI=1S/C13H22N2O3S2/c1-9-5-6-12(14)11(3)13(9)20(17,18)15-10(2)7-8-19(4)16/h5-6,10,15H,7-8,14H2,1-4H3. The minimum absolute atomic E-state index is 0.238. The maximum absolute atomic E-state index is 12.4. The first-order valence-electron chi connectivity index (χ1n) is 6.33. The van der Waals surface area contributed by atoms with Gasteiger partial charge < -0.3 is 5.73 Å². The summed E-state index contributed by atoms with van der Waals surface area (Å²) in [6.07, 6.45) is 2.14. The molecule has 0 aromatic heterocycles. The number of sulfonamides is 1. The predicted octanol–water partition coefficient (Wildman–Crippen LogP) is 1.32. The molecule has 0 fully saturated rings. The maximum atomic E-state index is 12.4. The van der Waals surface area contributed by atoms with Gasteiger partial charge in [-0.3, -0.25) is 4.21 Å². The number of nitrogens with one attached hydrogen (secondary N) is 1. The predicted molar refractivity (Wildman–Crippen MR) is 83.7 cm³/mol. The summed E-state index contributed by atoms with van der Waals surface area (Å²) in [6.45, 7) is 5.21. The summed E-state index contributed by atoms with van der Waals surface area (Å²) in [7, 11) is -4.55. The Bertz CT molecular complexity index is 612. The van der Waals surface area contributed by atoms with E-state index in [1.807, 2.05) is 0 Å². The zero-order chi connectivity index (χ0) is 15.5. The van der Waals surface area contributed by atoms with Gasteiger partial charge in [-0.25, -0.2) is 13.1 Å². The van der Waals surface area contributed by atoms with Gasteiger partial charge in [0.2, 0.25) is 10.0 Å². The lowest BCUT2D eigenvalue weighted by Gasteiger charge is -2.17. The fourth-order valence-electron chi connectivity index (χ4n) is 1.98. The van der Waals surface area contributed by atoms with Crippen LogP contribution in [0.4, 0.5) is 5.69 Å². The molecule has 0 aliphatic carbocycles. The fourth-order valence-corrected chi connectivity index (χ4v) is 4.45. The van der Waals surface area contributed by atoms with Gasteiger partial charge in [0.05, 0.1) is 4.90 Å². The van der Waals surface area contributed by atoms with E-state index in [4.69, 9.17) is 5.73 Å². The normalized spacial score (nSPS) is 15.0. The average Bonchev–Trinajstić information content (AvgIpc) is 2.31. The Kier molecular flexibility index (Phi) is 5.73. The van der Waals surface area contributed by atoms with Crippen LogP contribution in [-0.4, -0.2) is 30.7 Å². The Hall–Kier alpha value is -0.920. The molecule has 0 heterocycles. The minimum Gasteiger partial charge on any atom is -0.398 e. The summed E-state index contributed by atoms with van der Waals surface area (Å²) < 4.78 is 38.6. The number of nitrogen functional groups attached to an aromatic ring is 1. The van der Waals surface area contributed by atoms with Crippen molar-refractivity contribution >= 4 is 26.5 Å². The van der Waals surface area contributed by atoms with E-state index in [2.05, 4.69) is 4.72 Å². The molecule has 7 heteroatoms. The van der Waals surface area contributed by atoms with Gasteiger partial charge in [0.25, 0.3) is 0 Å². The second-order valence-corrected chi connectivity index (χ2v) is 8.22. The number of nitrogens with two attached hydrogens (primary N) is 1.